The first-order valence-corrected chi connectivity index (χ1v) is 11.2. The number of hydrogen-bond acceptors (Lipinski definition) is 7. The van der Waals surface area contributed by atoms with E-state index >= 15 is 0 Å². The van der Waals surface area contributed by atoms with E-state index in [1.54, 1.807) is 29.2 Å². The Labute approximate surface area is 186 Å². The van der Waals surface area contributed by atoms with Crippen molar-refractivity contribution in [2.45, 2.75) is 44.8 Å². The minimum absolute atomic E-state index is 0.0186. The topological polar surface area (TPSA) is 80.5 Å². The highest BCUT2D eigenvalue weighted by atomic mass is 19.1. The molecule has 2 atom stereocenters. The predicted octanol–water partition coefficient (Wildman–Crippen LogP) is 3.30. The molecule has 0 spiro atoms. The Bertz CT molecular complexity index is 1090. The predicted molar refractivity (Wildman–Crippen MR) is 121 cm³/mol. The maximum absolute atomic E-state index is 14.1. The second-order valence-corrected chi connectivity index (χ2v) is 8.55. The van der Waals surface area contributed by atoms with Crippen LogP contribution in [-0.4, -0.2) is 62.8 Å². The molecule has 2 aliphatic heterocycles. The molecule has 5 rings (SSSR count). The van der Waals surface area contributed by atoms with E-state index in [0.717, 1.165) is 50.3 Å². The van der Waals surface area contributed by atoms with Gasteiger partial charge < -0.3 is 10.1 Å². The van der Waals surface area contributed by atoms with Crippen molar-refractivity contribution in [3.63, 3.8) is 0 Å². The Morgan fingerprint density at radius 3 is 2.88 bits per heavy atom. The van der Waals surface area contributed by atoms with E-state index in [1.807, 2.05) is 12.3 Å². The van der Waals surface area contributed by atoms with Gasteiger partial charge in [-0.1, -0.05) is 18.2 Å². The first-order valence-electron chi connectivity index (χ1n) is 11.2. The molecular formula is C23H28FN7O. The summed E-state index contributed by atoms with van der Waals surface area (Å²) < 4.78 is 21.2. The van der Waals surface area contributed by atoms with Gasteiger partial charge in [0, 0.05) is 37.7 Å². The Hall–Kier alpha value is -3.07. The Morgan fingerprint density at radius 2 is 2.03 bits per heavy atom. The Kier molecular flexibility index (Phi) is 5.98. The average Bonchev–Trinajstić information content (AvgIpc) is 3.38. The summed E-state index contributed by atoms with van der Waals surface area (Å²) in [4.78, 5) is 9.11. The molecule has 2 aliphatic rings. The third-order valence-electron chi connectivity index (χ3n) is 6.42. The first-order chi connectivity index (χ1) is 15.7. The lowest BCUT2D eigenvalue weighted by Gasteiger charge is -2.28. The number of hydrogen-bond donors (Lipinski definition) is 1. The number of fused-ring (bicyclic) bond motifs is 1. The minimum Gasteiger partial charge on any atom is -0.381 e. The fourth-order valence-electron chi connectivity index (χ4n) is 4.33. The fraction of sp³-hybridized carbons (Fsp3) is 0.478. The van der Waals surface area contributed by atoms with Crippen molar-refractivity contribution in [1.82, 2.24) is 24.8 Å². The van der Waals surface area contributed by atoms with E-state index in [1.165, 1.54) is 6.07 Å². The summed E-state index contributed by atoms with van der Waals surface area (Å²) in [6, 6.07) is 6.94. The molecule has 8 nitrogen and oxygen atoms in total. The van der Waals surface area contributed by atoms with Crippen molar-refractivity contribution in [1.29, 1.82) is 0 Å². The Balaban J connectivity index is 1.24. The quantitative estimate of drug-likeness (QED) is 0.611. The summed E-state index contributed by atoms with van der Waals surface area (Å²) in [5.41, 5.74) is 1.24. The van der Waals surface area contributed by atoms with E-state index in [2.05, 4.69) is 37.4 Å². The second kappa shape index (κ2) is 9.20. The number of rotatable bonds is 7. The van der Waals surface area contributed by atoms with Crippen molar-refractivity contribution in [3.8, 4) is 0 Å². The minimum atomic E-state index is -0.250. The van der Waals surface area contributed by atoms with Crippen LogP contribution in [0, 0.1) is 11.7 Å². The number of benzene rings is 1. The van der Waals surface area contributed by atoms with Gasteiger partial charge >= 0.3 is 0 Å². The van der Waals surface area contributed by atoms with Crippen molar-refractivity contribution in [2.75, 3.05) is 25.1 Å². The molecule has 3 aromatic rings. The molecule has 0 amide bonds. The summed E-state index contributed by atoms with van der Waals surface area (Å²) in [5, 5.41) is 15.3. The van der Waals surface area contributed by atoms with Crippen LogP contribution < -0.4 is 5.32 Å². The molecule has 0 aliphatic carbocycles. The lowest BCUT2D eigenvalue weighted by atomic mass is 9.96. The largest absolute Gasteiger partial charge is 0.381 e. The van der Waals surface area contributed by atoms with Crippen molar-refractivity contribution in [2.24, 2.45) is 11.0 Å². The summed E-state index contributed by atoms with van der Waals surface area (Å²) in [6.45, 7) is 5.17. The lowest BCUT2D eigenvalue weighted by Crippen LogP contribution is -2.39. The van der Waals surface area contributed by atoms with Crippen LogP contribution in [0.1, 0.15) is 31.7 Å². The molecule has 1 N–H and O–H groups in total. The molecule has 32 heavy (non-hydrogen) atoms. The van der Waals surface area contributed by atoms with Crippen LogP contribution in [0.3, 0.4) is 0 Å². The zero-order valence-electron chi connectivity index (χ0n) is 18.2. The van der Waals surface area contributed by atoms with Crippen LogP contribution in [0.15, 0.2) is 41.8 Å². The van der Waals surface area contributed by atoms with Crippen LogP contribution in [0.5, 0.6) is 0 Å². The first kappa shape index (κ1) is 20.8. The third-order valence-corrected chi connectivity index (χ3v) is 6.42. The van der Waals surface area contributed by atoms with Gasteiger partial charge in [0.05, 0.1) is 30.2 Å². The zero-order chi connectivity index (χ0) is 21.9. The van der Waals surface area contributed by atoms with Gasteiger partial charge in [-0.3, -0.25) is 5.01 Å². The lowest BCUT2D eigenvalue weighted by molar-refractivity contribution is 0.0590. The van der Waals surface area contributed by atoms with Crippen molar-refractivity contribution >= 4 is 23.2 Å². The van der Waals surface area contributed by atoms with Gasteiger partial charge in [-0.25, -0.2) is 14.1 Å². The Morgan fingerprint density at radius 1 is 1.19 bits per heavy atom. The van der Waals surface area contributed by atoms with Gasteiger partial charge in [-0.2, -0.15) is 15.2 Å². The van der Waals surface area contributed by atoms with Crippen LogP contribution in [0.25, 0.3) is 11.0 Å². The van der Waals surface area contributed by atoms with E-state index in [9.17, 15) is 4.39 Å². The van der Waals surface area contributed by atoms with E-state index < -0.39 is 0 Å². The van der Waals surface area contributed by atoms with Gasteiger partial charge in [0.2, 0.25) is 5.95 Å². The summed E-state index contributed by atoms with van der Waals surface area (Å²) in [6.07, 6.45) is 8.80. The molecule has 168 valence electrons. The molecule has 0 saturated carbocycles. The van der Waals surface area contributed by atoms with E-state index in [-0.39, 0.29) is 17.9 Å². The fourth-order valence-corrected chi connectivity index (χ4v) is 4.33. The zero-order valence-corrected chi connectivity index (χ0v) is 18.2. The average molecular weight is 438 g/mol. The highest BCUT2D eigenvalue weighted by Crippen LogP contribution is 2.22. The van der Waals surface area contributed by atoms with Crippen LogP contribution in [0.2, 0.25) is 0 Å². The van der Waals surface area contributed by atoms with Gasteiger partial charge in [0.1, 0.15) is 5.82 Å². The number of ether oxygens (including phenoxy) is 1. The van der Waals surface area contributed by atoms with Gasteiger partial charge in [-0.05, 0) is 38.2 Å². The van der Waals surface area contributed by atoms with E-state index in [0.29, 0.717) is 23.7 Å². The number of aromatic nitrogens is 4. The normalized spacial score (nSPS) is 21.5. The molecule has 1 aromatic carbocycles. The summed E-state index contributed by atoms with van der Waals surface area (Å²) in [5.74, 6) is 0.987. The molecule has 0 radical (unpaired) electrons. The van der Waals surface area contributed by atoms with Crippen molar-refractivity contribution < 1.29 is 9.13 Å². The summed E-state index contributed by atoms with van der Waals surface area (Å²) in [7, 11) is 0. The molecule has 2 unspecified atom stereocenters. The molecule has 4 heterocycles. The smallest absolute Gasteiger partial charge is 0.225 e. The van der Waals surface area contributed by atoms with Crippen LogP contribution in [-0.2, 0) is 11.3 Å². The monoisotopic (exact) mass is 437 g/mol. The molecule has 9 heteroatoms. The number of halogens is 1. The number of hydrazone groups is 1. The number of anilines is 1. The highest BCUT2D eigenvalue weighted by molar-refractivity contribution is 5.76. The van der Waals surface area contributed by atoms with E-state index in [4.69, 9.17) is 4.74 Å². The SMILES string of the molecule is CC1C(Nc2ncc3cnn(Cc4ccccc4F)c3n2)C=NN1CCC1CCOCC1. The number of nitrogens with one attached hydrogen (secondary N) is 1. The molecular weight excluding hydrogens is 409 g/mol. The molecule has 0 bridgehead atoms. The second-order valence-electron chi connectivity index (χ2n) is 8.55. The molecule has 2 aromatic heterocycles. The van der Waals surface area contributed by atoms with Gasteiger partial charge in [0.25, 0.3) is 0 Å². The maximum Gasteiger partial charge on any atom is 0.225 e. The standard InChI is InChI=1S/C23H28FN7O/c1-16-21(14-27-30(16)9-6-17-7-10-32-11-8-17)28-23-25-12-19-13-26-31(22(19)29-23)15-18-4-2-3-5-20(18)24/h2-5,12-14,16-17,21H,6-11,15H2,1H3,(H,25,28,29). The third kappa shape index (κ3) is 4.43. The number of nitrogens with zero attached hydrogens (tertiary/aromatic N) is 6. The molecule has 1 fully saturated rings. The molecule has 1 saturated heterocycles. The highest BCUT2D eigenvalue weighted by Gasteiger charge is 2.28. The summed E-state index contributed by atoms with van der Waals surface area (Å²) >= 11 is 0. The van der Waals surface area contributed by atoms with Gasteiger partial charge in [0.15, 0.2) is 5.65 Å². The van der Waals surface area contributed by atoms with Gasteiger partial charge in [-0.15, -0.1) is 0 Å². The van der Waals surface area contributed by atoms with Crippen molar-refractivity contribution in [3.05, 3.63) is 48.0 Å². The van der Waals surface area contributed by atoms with Crippen LogP contribution in [0.4, 0.5) is 10.3 Å². The maximum atomic E-state index is 14.1. The van der Waals surface area contributed by atoms with Crippen LogP contribution >= 0.6 is 0 Å².